The van der Waals surface area contributed by atoms with E-state index < -0.39 is 34.3 Å². The van der Waals surface area contributed by atoms with E-state index in [2.05, 4.69) is 5.32 Å². The topological polar surface area (TPSA) is 96.0 Å². The smallest absolute Gasteiger partial charge is 0.264 e. The minimum atomic E-state index is -4.25. The van der Waals surface area contributed by atoms with Gasteiger partial charge in [-0.2, -0.15) is 0 Å². The number of hydrogen-bond acceptors (Lipinski definition) is 5. The SMILES string of the molecule is CCCNC(=O)[C@@H](C)N(Cc1ccccc1)C(=O)CN(c1ccc(F)cc1)S(=O)(=O)c1ccc(OC)cc1. The van der Waals surface area contributed by atoms with Gasteiger partial charge in [-0.05, 0) is 67.4 Å². The number of halogens is 1. The van der Waals surface area contributed by atoms with Gasteiger partial charge < -0.3 is 15.0 Å². The number of amides is 2. The summed E-state index contributed by atoms with van der Waals surface area (Å²) in [6.45, 7) is 3.47. The summed E-state index contributed by atoms with van der Waals surface area (Å²) in [6.07, 6.45) is 0.726. The second kappa shape index (κ2) is 13.0. The number of nitrogens with one attached hydrogen (secondary N) is 1. The molecule has 0 fully saturated rings. The minimum absolute atomic E-state index is 0.0706. The largest absolute Gasteiger partial charge is 0.497 e. The molecule has 2 amide bonds. The lowest BCUT2D eigenvalue weighted by Crippen LogP contribution is -2.51. The summed E-state index contributed by atoms with van der Waals surface area (Å²) in [5, 5.41) is 2.79. The minimum Gasteiger partial charge on any atom is -0.497 e. The normalized spacial score (nSPS) is 11.9. The third-order valence-corrected chi connectivity index (χ3v) is 7.74. The maximum absolute atomic E-state index is 13.7. The Kier molecular flexibility index (Phi) is 9.84. The Morgan fingerprint density at radius 3 is 2.18 bits per heavy atom. The van der Waals surface area contributed by atoms with Crippen LogP contribution in [0.3, 0.4) is 0 Å². The average molecular weight is 542 g/mol. The van der Waals surface area contributed by atoms with Gasteiger partial charge in [0.2, 0.25) is 11.8 Å². The van der Waals surface area contributed by atoms with Gasteiger partial charge in [-0.1, -0.05) is 37.3 Å². The lowest BCUT2D eigenvalue weighted by atomic mass is 10.1. The van der Waals surface area contributed by atoms with E-state index >= 15 is 0 Å². The molecule has 0 heterocycles. The van der Waals surface area contributed by atoms with Crippen LogP contribution in [0.25, 0.3) is 0 Å². The molecule has 0 radical (unpaired) electrons. The van der Waals surface area contributed by atoms with Gasteiger partial charge in [0.05, 0.1) is 17.7 Å². The molecule has 10 heteroatoms. The highest BCUT2D eigenvalue weighted by atomic mass is 32.2. The highest BCUT2D eigenvalue weighted by Crippen LogP contribution is 2.26. The Hall–Kier alpha value is -3.92. The first-order chi connectivity index (χ1) is 18.2. The number of anilines is 1. The maximum Gasteiger partial charge on any atom is 0.264 e. The number of hydrogen-bond donors (Lipinski definition) is 1. The highest BCUT2D eigenvalue weighted by molar-refractivity contribution is 7.92. The third-order valence-electron chi connectivity index (χ3n) is 5.95. The van der Waals surface area contributed by atoms with Gasteiger partial charge in [-0.3, -0.25) is 13.9 Å². The molecule has 202 valence electrons. The molecule has 0 saturated heterocycles. The Morgan fingerprint density at radius 1 is 0.974 bits per heavy atom. The zero-order valence-electron chi connectivity index (χ0n) is 21.6. The van der Waals surface area contributed by atoms with Crippen molar-refractivity contribution >= 4 is 27.5 Å². The fraction of sp³-hybridized carbons (Fsp3) is 0.286. The zero-order valence-corrected chi connectivity index (χ0v) is 22.4. The molecule has 0 unspecified atom stereocenters. The molecule has 1 N–H and O–H groups in total. The van der Waals surface area contributed by atoms with E-state index in [1.54, 1.807) is 6.92 Å². The second-order valence-electron chi connectivity index (χ2n) is 8.64. The lowest BCUT2D eigenvalue weighted by molar-refractivity contribution is -0.139. The predicted molar refractivity (Wildman–Crippen MR) is 144 cm³/mol. The number of carbonyl (C=O) groups excluding carboxylic acids is 2. The van der Waals surface area contributed by atoms with Crippen molar-refractivity contribution in [2.24, 2.45) is 0 Å². The van der Waals surface area contributed by atoms with Gasteiger partial charge in [0.15, 0.2) is 0 Å². The van der Waals surface area contributed by atoms with Gasteiger partial charge in [0, 0.05) is 13.1 Å². The van der Waals surface area contributed by atoms with Crippen LogP contribution >= 0.6 is 0 Å². The molecule has 0 aliphatic rings. The summed E-state index contributed by atoms with van der Waals surface area (Å²) < 4.78 is 47.2. The van der Waals surface area contributed by atoms with Crippen LogP contribution in [-0.2, 0) is 26.2 Å². The van der Waals surface area contributed by atoms with Crippen LogP contribution in [0.1, 0.15) is 25.8 Å². The Balaban J connectivity index is 2.00. The molecule has 8 nitrogen and oxygen atoms in total. The molecule has 0 bridgehead atoms. The molecule has 0 aliphatic carbocycles. The number of sulfonamides is 1. The van der Waals surface area contributed by atoms with Crippen molar-refractivity contribution in [3.8, 4) is 5.75 Å². The standard InChI is InChI=1S/C28H32FN3O5S/c1-4-18-30-28(34)21(2)31(19-22-8-6-5-7-9-22)27(33)20-32(24-12-10-23(29)11-13-24)38(35,36)26-16-14-25(37-3)15-17-26/h5-17,21H,4,18-20H2,1-3H3,(H,30,34)/t21-/m1/s1. The van der Waals surface area contributed by atoms with Crippen LogP contribution < -0.4 is 14.4 Å². The van der Waals surface area contributed by atoms with Gasteiger partial charge in [-0.25, -0.2) is 12.8 Å². The van der Waals surface area contributed by atoms with E-state index in [9.17, 15) is 22.4 Å². The van der Waals surface area contributed by atoms with E-state index in [0.717, 1.165) is 28.4 Å². The molecule has 38 heavy (non-hydrogen) atoms. The van der Waals surface area contributed by atoms with E-state index in [-0.39, 0.29) is 23.0 Å². The van der Waals surface area contributed by atoms with Crippen molar-refractivity contribution in [2.45, 2.75) is 37.8 Å². The van der Waals surface area contributed by atoms with Crippen molar-refractivity contribution in [3.05, 3.63) is 90.2 Å². The third kappa shape index (κ3) is 7.10. The summed E-state index contributed by atoms with van der Waals surface area (Å²) in [7, 11) is -2.78. The Morgan fingerprint density at radius 2 is 1.61 bits per heavy atom. The summed E-state index contributed by atoms with van der Waals surface area (Å²) in [5.41, 5.74) is 0.889. The fourth-order valence-electron chi connectivity index (χ4n) is 3.77. The Bertz CT molecular complexity index is 1320. The molecule has 3 aromatic carbocycles. The van der Waals surface area contributed by atoms with Crippen LogP contribution in [0.4, 0.5) is 10.1 Å². The lowest BCUT2D eigenvalue weighted by Gasteiger charge is -2.32. The first-order valence-electron chi connectivity index (χ1n) is 12.2. The second-order valence-corrected chi connectivity index (χ2v) is 10.5. The summed E-state index contributed by atoms with van der Waals surface area (Å²) >= 11 is 0. The van der Waals surface area contributed by atoms with Crippen LogP contribution in [0, 0.1) is 5.82 Å². The molecule has 0 aromatic heterocycles. The van der Waals surface area contributed by atoms with E-state index in [1.165, 1.54) is 48.4 Å². The molecular formula is C28H32FN3O5S. The van der Waals surface area contributed by atoms with Gasteiger partial charge in [0.25, 0.3) is 10.0 Å². The Labute approximate surface area is 223 Å². The summed E-state index contributed by atoms with van der Waals surface area (Å²) in [4.78, 5) is 27.8. The molecule has 0 saturated carbocycles. The molecular weight excluding hydrogens is 509 g/mol. The van der Waals surface area contributed by atoms with Crippen LogP contribution in [0.2, 0.25) is 0 Å². The number of methoxy groups -OCH3 is 1. The molecule has 3 aromatic rings. The average Bonchev–Trinajstić information content (AvgIpc) is 2.93. The maximum atomic E-state index is 13.7. The number of rotatable bonds is 12. The van der Waals surface area contributed by atoms with Gasteiger partial charge >= 0.3 is 0 Å². The monoisotopic (exact) mass is 541 g/mol. The van der Waals surface area contributed by atoms with Crippen LogP contribution in [-0.4, -0.2) is 51.4 Å². The molecule has 0 spiro atoms. The highest BCUT2D eigenvalue weighted by Gasteiger charge is 2.32. The zero-order chi connectivity index (χ0) is 27.7. The number of benzene rings is 3. The van der Waals surface area contributed by atoms with E-state index in [1.807, 2.05) is 37.3 Å². The number of carbonyl (C=O) groups is 2. The number of nitrogens with zero attached hydrogens (tertiary/aromatic N) is 2. The van der Waals surface area contributed by atoms with E-state index in [4.69, 9.17) is 4.74 Å². The predicted octanol–water partition coefficient (Wildman–Crippen LogP) is 3.97. The van der Waals surface area contributed by atoms with Crippen molar-refractivity contribution in [2.75, 3.05) is 24.5 Å². The summed E-state index contributed by atoms with van der Waals surface area (Å²) in [6, 6.07) is 18.8. The first kappa shape index (κ1) is 28.6. The van der Waals surface area contributed by atoms with Crippen LogP contribution in [0.15, 0.2) is 83.8 Å². The quantitative estimate of drug-likeness (QED) is 0.374. The summed E-state index contributed by atoms with van der Waals surface area (Å²) in [5.74, 6) is -1.01. The van der Waals surface area contributed by atoms with Crippen molar-refractivity contribution in [1.29, 1.82) is 0 Å². The number of ether oxygens (including phenoxy) is 1. The van der Waals surface area contributed by atoms with Crippen molar-refractivity contribution in [3.63, 3.8) is 0 Å². The van der Waals surface area contributed by atoms with Crippen molar-refractivity contribution in [1.82, 2.24) is 10.2 Å². The molecule has 3 rings (SSSR count). The van der Waals surface area contributed by atoms with Gasteiger partial charge in [-0.15, -0.1) is 0 Å². The molecule has 0 aliphatic heterocycles. The fourth-order valence-corrected chi connectivity index (χ4v) is 5.18. The van der Waals surface area contributed by atoms with Crippen LogP contribution in [0.5, 0.6) is 5.75 Å². The first-order valence-corrected chi connectivity index (χ1v) is 13.6. The van der Waals surface area contributed by atoms with E-state index in [0.29, 0.717) is 12.3 Å². The van der Waals surface area contributed by atoms with Gasteiger partial charge in [0.1, 0.15) is 24.2 Å². The van der Waals surface area contributed by atoms with Crippen molar-refractivity contribution < 1.29 is 27.1 Å². The molecule has 1 atom stereocenters.